The Bertz CT molecular complexity index is 706. The average Bonchev–Trinajstić information content (AvgIpc) is 2.91. The Morgan fingerprint density at radius 1 is 1.50 bits per heavy atom. The lowest BCUT2D eigenvalue weighted by Crippen LogP contribution is -2.37. The van der Waals surface area contributed by atoms with Gasteiger partial charge in [-0.25, -0.2) is 16.8 Å². The molecule has 1 fully saturated rings. The van der Waals surface area contributed by atoms with E-state index in [4.69, 9.17) is 5.73 Å². The van der Waals surface area contributed by atoms with Gasteiger partial charge in [0.05, 0.1) is 11.5 Å². The summed E-state index contributed by atoms with van der Waals surface area (Å²) in [6.07, 6.45) is 1.84. The monoisotopic (exact) mass is 321 g/mol. The molecule has 1 aromatic heterocycles. The molecule has 2 heterocycles. The molecule has 1 atom stereocenters. The number of nitrogens with two attached hydrogens (primary N) is 1. The maximum atomic E-state index is 12.5. The van der Waals surface area contributed by atoms with E-state index in [9.17, 15) is 16.8 Å². The lowest BCUT2D eigenvalue weighted by molar-refractivity contribution is 0.394. The predicted molar refractivity (Wildman–Crippen MR) is 75.3 cm³/mol. The van der Waals surface area contributed by atoms with E-state index in [0.717, 1.165) is 4.31 Å². The van der Waals surface area contributed by atoms with Gasteiger partial charge in [-0.3, -0.25) is 0 Å². The van der Waals surface area contributed by atoms with Crippen LogP contribution in [0.2, 0.25) is 0 Å². The Morgan fingerprint density at radius 2 is 2.15 bits per heavy atom. The minimum atomic E-state index is -3.69. The Kier molecular flexibility index (Phi) is 3.98. The first-order valence-electron chi connectivity index (χ1n) is 6.21. The average molecular weight is 321 g/mol. The third-order valence-electron chi connectivity index (χ3n) is 3.69. The Balaban J connectivity index is 2.30. The van der Waals surface area contributed by atoms with Gasteiger partial charge in [-0.15, -0.1) is 0 Å². The molecule has 1 aromatic rings. The quantitative estimate of drug-likeness (QED) is 0.789. The minimum Gasteiger partial charge on any atom is -0.352 e. The zero-order valence-electron chi connectivity index (χ0n) is 11.5. The molecule has 1 aliphatic heterocycles. The van der Waals surface area contributed by atoms with E-state index in [1.165, 1.54) is 19.3 Å². The van der Waals surface area contributed by atoms with Crippen LogP contribution in [0.4, 0.5) is 0 Å². The van der Waals surface area contributed by atoms with Crippen LogP contribution in [-0.2, 0) is 33.5 Å². The van der Waals surface area contributed by atoms with Crippen molar-refractivity contribution in [3.63, 3.8) is 0 Å². The molecule has 0 bridgehead atoms. The van der Waals surface area contributed by atoms with Gasteiger partial charge in [-0.1, -0.05) is 0 Å². The van der Waals surface area contributed by atoms with Gasteiger partial charge in [0.15, 0.2) is 9.84 Å². The van der Waals surface area contributed by atoms with Crippen LogP contribution in [0.5, 0.6) is 0 Å². The first kappa shape index (κ1) is 15.5. The molecule has 1 aliphatic rings. The van der Waals surface area contributed by atoms with E-state index in [1.807, 2.05) is 0 Å². The summed E-state index contributed by atoms with van der Waals surface area (Å²) in [6.45, 7) is 0.244. The summed E-state index contributed by atoms with van der Waals surface area (Å²) in [7, 11) is -3.66. The fourth-order valence-corrected chi connectivity index (χ4v) is 5.70. The number of hydrogen-bond donors (Lipinski definition) is 1. The molecule has 0 aromatic carbocycles. The van der Waals surface area contributed by atoms with Crippen molar-refractivity contribution in [2.45, 2.75) is 23.9 Å². The normalized spacial score (nSPS) is 22.5. The number of aromatic nitrogens is 1. The highest BCUT2D eigenvalue weighted by atomic mass is 32.2. The zero-order valence-corrected chi connectivity index (χ0v) is 13.1. The first-order valence-corrected chi connectivity index (χ1v) is 9.47. The van der Waals surface area contributed by atoms with Crippen LogP contribution in [0.15, 0.2) is 17.2 Å². The summed E-state index contributed by atoms with van der Waals surface area (Å²) in [5.41, 5.74) is 6.24. The summed E-state index contributed by atoms with van der Waals surface area (Å²) >= 11 is 0. The van der Waals surface area contributed by atoms with Gasteiger partial charge in [0, 0.05) is 38.6 Å². The van der Waals surface area contributed by atoms with Crippen LogP contribution in [0.3, 0.4) is 0 Å². The largest absolute Gasteiger partial charge is 0.352 e. The molecule has 1 unspecified atom stereocenters. The lowest BCUT2D eigenvalue weighted by Gasteiger charge is -2.22. The molecule has 0 spiro atoms. The molecule has 20 heavy (non-hydrogen) atoms. The second kappa shape index (κ2) is 5.14. The third kappa shape index (κ3) is 2.76. The van der Waals surface area contributed by atoms with Gasteiger partial charge in [-0.2, -0.15) is 4.31 Å². The smallest absolute Gasteiger partial charge is 0.244 e. The molecule has 0 radical (unpaired) electrons. The summed E-state index contributed by atoms with van der Waals surface area (Å²) in [5.74, 6) is -0.0698. The van der Waals surface area contributed by atoms with E-state index < -0.39 is 25.9 Å². The number of nitrogens with zero attached hydrogens (tertiary/aromatic N) is 2. The van der Waals surface area contributed by atoms with E-state index in [0.29, 0.717) is 12.1 Å². The van der Waals surface area contributed by atoms with E-state index >= 15 is 0 Å². The summed E-state index contributed by atoms with van der Waals surface area (Å²) < 4.78 is 50.7. The van der Waals surface area contributed by atoms with Gasteiger partial charge in [0.1, 0.15) is 4.90 Å². The van der Waals surface area contributed by atoms with E-state index in [-0.39, 0.29) is 22.9 Å². The summed E-state index contributed by atoms with van der Waals surface area (Å²) in [6, 6.07) is 1.03. The molecule has 0 saturated carbocycles. The Labute approximate surface area is 119 Å². The molecule has 1 saturated heterocycles. The Hall–Kier alpha value is -0.900. The van der Waals surface area contributed by atoms with Gasteiger partial charge in [0.2, 0.25) is 10.0 Å². The maximum absolute atomic E-state index is 12.5. The van der Waals surface area contributed by atoms with Crippen LogP contribution in [0.1, 0.15) is 12.1 Å². The van der Waals surface area contributed by atoms with E-state index in [2.05, 4.69) is 0 Å². The fourth-order valence-electron chi connectivity index (χ4n) is 2.35. The Morgan fingerprint density at radius 3 is 2.60 bits per heavy atom. The van der Waals surface area contributed by atoms with Crippen LogP contribution >= 0.6 is 0 Å². The number of sulfone groups is 1. The number of aryl methyl sites for hydroxylation is 1. The zero-order chi connectivity index (χ0) is 15.1. The predicted octanol–water partition coefficient (Wildman–Crippen LogP) is -0.709. The van der Waals surface area contributed by atoms with Crippen molar-refractivity contribution >= 4 is 19.9 Å². The van der Waals surface area contributed by atoms with Crippen molar-refractivity contribution in [3.8, 4) is 0 Å². The van der Waals surface area contributed by atoms with Gasteiger partial charge in [0.25, 0.3) is 0 Å². The molecule has 7 nitrogen and oxygen atoms in total. The number of rotatable bonds is 4. The third-order valence-corrected chi connectivity index (χ3v) is 7.32. The summed E-state index contributed by atoms with van der Waals surface area (Å²) in [5, 5.41) is 0. The van der Waals surface area contributed by atoms with E-state index in [1.54, 1.807) is 11.6 Å². The van der Waals surface area contributed by atoms with Crippen LogP contribution in [0.25, 0.3) is 0 Å². The van der Waals surface area contributed by atoms with Gasteiger partial charge < -0.3 is 10.3 Å². The first-order chi connectivity index (χ1) is 9.17. The molecule has 0 aliphatic carbocycles. The van der Waals surface area contributed by atoms with Crippen molar-refractivity contribution < 1.29 is 16.8 Å². The highest BCUT2D eigenvalue weighted by molar-refractivity contribution is 7.92. The second-order valence-electron chi connectivity index (χ2n) is 5.06. The maximum Gasteiger partial charge on any atom is 0.244 e. The highest BCUT2D eigenvalue weighted by Gasteiger charge is 2.36. The van der Waals surface area contributed by atoms with Crippen LogP contribution in [-0.4, -0.2) is 50.3 Å². The standard InChI is InChI=1S/C11H19N3O4S2/c1-13-7-11(5-10(13)6-12)20(17,18)14(2)9-3-4-19(15,16)8-9/h5,7,9H,3-4,6,8,12H2,1-2H3. The molecule has 0 amide bonds. The number of sulfonamides is 1. The van der Waals surface area contributed by atoms with Crippen molar-refractivity contribution in [1.82, 2.24) is 8.87 Å². The summed E-state index contributed by atoms with van der Waals surface area (Å²) in [4.78, 5) is 0.146. The molecular weight excluding hydrogens is 302 g/mol. The molecule has 2 rings (SSSR count). The lowest BCUT2D eigenvalue weighted by atomic mass is 10.3. The van der Waals surface area contributed by atoms with Gasteiger partial charge in [-0.05, 0) is 12.5 Å². The highest BCUT2D eigenvalue weighted by Crippen LogP contribution is 2.24. The fraction of sp³-hybridized carbons (Fsp3) is 0.636. The van der Waals surface area contributed by atoms with Crippen molar-refractivity contribution in [1.29, 1.82) is 0 Å². The molecular formula is C11H19N3O4S2. The number of hydrogen-bond acceptors (Lipinski definition) is 5. The van der Waals surface area contributed by atoms with Crippen LogP contribution in [0, 0.1) is 0 Å². The molecule has 114 valence electrons. The van der Waals surface area contributed by atoms with Crippen molar-refractivity contribution in [2.75, 3.05) is 18.6 Å². The van der Waals surface area contributed by atoms with Crippen LogP contribution < -0.4 is 5.73 Å². The second-order valence-corrected chi connectivity index (χ2v) is 9.29. The molecule has 2 N–H and O–H groups in total. The van der Waals surface area contributed by atoms with Gasteiger partial charge >= 0.3 is 0 Å². The SMILES string of the molecule is CN(C1CCS(=O)(=O)C1)S(=O)(=O)c1cc(CN)n(C)c1. The van der Waals surface area contributed by atoms with Crippen molar-refractivity contribution in [3.05, 3.63) is 18.0 Å². The topological polar surface area (TPSA) is 102 Å². The molecule has 9 heteroatoms. The van der Waals surface area contributed by atoms with Crippen molar-refractivity contribution in [2.24, 2.45) is 12.8 Å². The minimum absolute atomic E-state index is 0.0420.